The van der Waals surface area contributed by atoms with Crippen molar-refractivity contribution < 1.29 is 9.90 Å². The number of benzene rings is 1. The van der Waals surface area contributed by atoms with E-state index < -0.39 is 5.97 Å². The summed E-state index contributed by atoms with van der Waals surface area (Å²) in [5, 5.41) is 9.16. The molecule has 0 aliphatic heterocycles. The number of nitrogens with zero attached hydrogens (tertiary/aromatic N) is 2. The molecular formula is C15H16N2O2. The molecular weight excluding hydrogens is 240 g/mol. The fourth-order valence-corrected chi connectivity index (χ4v) is 1.66. The van der Waals surface area contributed by atoms with E-state index in [0.717, 1.165) is 11.3 Å². The second kappa shape index (κ2) is 4.80. The monoisotopic (exact) mass is 256 g/mol. The number of rotatable bonds is 2. The SMILES string of the molecule is CC(C)(C)c1cc(C(=O)O)nc(-c2ccccc2)n1. The van der Waals surface area contributed by atoms with Crippen LogP contribution in [0.15, 0.2) is 36.4 Å². The molecule has 4 heteroatoms. The van der Waals surface area contributed by atoms with Crippen LogP contribution in [0.1, 0.15) is 37.0 Å². The highest BCUT2D eigenvalue weighted by atomic mass is 16.4. The van der Waals surface area contributed by atoms with Crippen molar-refractivity contribution in [1.29, 1.82) is 0 Å². The van der Waals surface area contributed by atoms with Crippen molar-refractivity contribution in [3.05, 3.63) is 47.8 Å². The zero-order valence-electron chi connectivity index (χ0n) is 11.2. The Balaban J connectivity index is 2.62. The van der Waals surface area contributed by atoms with Crippen LogP contribution in [0.2, 0.25) is 0 Å². The van der Waals surface area contributed by atoms with Crippen LogP contribution in [0.25, 0.3) is 11.4 Å². The Labute approximate surface area is 112 Å². The second-order valence-electron chi connectivity index (χ2n) is 5.38. The smallest absolute Gasteiger partial charge is 0.354 e. The molecule has 98 valence electrons. The van der Waals surface area contributed by atoms with Crippen molar-refractivity contribution >= 4 is 5.97 Å². The molecule has 0 saturated heterocycles. The van der Waals surface area contributed by atoms with Crippen molar-refractivity contribution in [3.8, 4) is 11.4 Å². The fraction of sp³-hybridized carbons (Fsp3) is 0.267. The summed E-state index contributed by atoms with van der Waals surface area (Å²) >= 11 is 0. The summed E-state index contributed by atoms with van der Waals surface area (Å²) in [5.74, 6) is -0.587. The predicted molar refractivity (Wildman–Crippen MR) is 73.1 cm³/mol. The molecule has 2 aromatic rings. The summed E-state index contributed by atoms with van der Waals surface area (Å²) in [6.07, 6.45) is 0. The quantitative estimate of drug-likeness (QED) is 0.896. The van der Waals surface area contributed by atoms with Gasteiger partial charge in [-0.3, -0.25) is 0 Å². The van der Waals surface area contributed by atoms with E-state index in [-0.39, 0.29) is 11.1 Å². The highest BCUT2D eigenvalue weighted by Crippen LogP contribution is 2.24. The van der Waals surface area contributed by atoms with E-state index in [9.17, 15) is 4.79 Å². The minimum atomic E-state index is -1.04. The molecule has 1 heterocycles. The number of aromatic nitrogens is 2. The predicted octanol–water partition coefficient (Wildman–Crippen LogP) is 3.14. The Morgan fingerprint density at radius 1 is 1.11 bits per heavy atom. The molecule has 0 saturated carbocycles. The van der Waals surface area contributed by atoms with Crippen LogP contribution in [-0.2, 0) is 5.41 Å². The first kappa shape index (κ1) is 13.2. The lowest BCUT2D eigenvalue weighted by Crippen LogP contribution is -2.17. The molecule has 0 amide bonds. The van der Waals surface area contributed by atoms with Crippen LogP contribution >= 0.6 is 0 Å². The zero-order valence-corrected chi connectivity index (χ0v) is 11.2. The number of hydrogen-bond acceptors (Lipinski definition) is 3. The van der Waals surface area contributed by atoms with Gasteiger partial charge in [-0.1, -0.05) is 51.1 Å². The number of carbonyl (C=O) groups is 1. The van der Waals surface area contributed by atoms with Crippen LogP contribution in [0.3, 0.4) is 0 Å². The van der Waals surface area contributed by atoms with E-state index in [1.54, 1.807) is 0 Å². The van der Waals surface area contributed by atoms with E-state index in [2.05, 4.69) is 9.97 Å². The minimum Gasteiger partial charge on any atom is -0.477 e. The maximum Gasteiger partial charge on any atom is 0.354 e. The average Bonchev–Trinajstić information content (AvgIpc) is 2.38. The molecule has 0 aliphatic rings. The van der Waals surface area contributed by atoms with Crippen molar-refractivity contribution in [1.82, 2.24) is 9.97 Å². The van der Waals surface area contributed by atoms with E-state index in [4.69, 9.17) is 5.11 Å². The van der Waals surface area contributed by atoms with Crippen molar-refractivity contribution in [3.63, 3.8) is 0 Å². The maximum atomic E-state index is 11.2. The zero-order chi connectivity index (χ0) is 14.0. The number of carboxylic acid groups (broad SMARTS) is 1. The van der Waals surface area contributed by atoms with Gasteiger partial charge in [-0.25, -0.2) is 14.8 Å². The van der Waals surface area contributed by atoms with Gasteiger partial charge in [-0.05, 0) is 6.07 Å². The van der Waals surface area contributed by atoms with Crippen LogP contribution < -0.4 is 0 Å². The Kier molecular flexibility index (Phi) is 3.34. The number of aromatic carboxylic acids is 1. The van der Waals surface area contributed by atoms with Gasteiger partial charge in [-0.2, -0.15) is 0 Å². The minimum absolute atomic E-state index is 0.0266. The van der Waals surface area contributed by atoms with E-state index >= 15 is 0 Å². The maximum absolute atomic E-state index is 11.2. The van der Waals surface area contributed by atoms with Gasteiger partial charge in [0, 0.05) is 11.0 Å². The molecule has 0 spiro atoms. The second-order valence-corrected chi connectivity index (χ2v) is 5.38. The molecule has 4 nitrogen and oxygen atoms in total. The van der Waals surface area contributed by atoms with Crippen LogP contribution in [0.5, 0.6) is 0 Å². The molecule has 1 aromatic heterocycles. The van der Waals surface area contributed by atoms with Crippen molar-refractivity contribution in [2.24, 2.45) is 0 Å². The van der Waals surface area contributed by atoms with Gasteiger partial charge in [0.25, 0.3) is 0 Å². The Bertz CT molecular complexity index is 601. The Morgan fingerprint density at radius 2 is 1.74 bits per heavy atom. The van der Waals surface area contributed by atoms with Gasteiger partial charge >= 0.3 is 5.97 Å². The molecule has 0 fully saturated rings. The van der Waals surface area contributed by atoms with Crippen molar-refractivity contribution in [2.75, 3.05) is 0 Å². The first-order chi connectivity index (χ1) is 8.88. The first-order valence-corrected chi connectivity index (χ1v) is 6.06. The number of carboxylic acids is 1. The highest BCUT2D eigenvalue weighted by molar-refractivity contribution is 5.86. The van der Waals surface area contributed by atoms with Gasteiger partial charge in [0.05, 0.1) is 5.69 Å². The van der Waals surface area contributed by atoms with Crippen LogP contribution in [0.4, 0.5) is 0 Å². The third kappa shape index (κ3) is 2.96. The average molecular weight is 256 g/mol. The summed E-state index contributed by atoms with van der Waals surface area (Å²) in [5.41, 5.74) is 1.34. The summed E-state index contributed by atoms with van der Waals surface area (Å²) in [6.45, 7) is 5.99. The summed E-state index contributed by atoms with van der Waals surface area (Å²) in [4.78, 5) is 19.8. The van der Waals surface area contributed by atoms with E-state index in [0.29, 0.717) is 5.82 Å². The number of hydrogen-bond donors (Lipinski definition) is 1. The lowest BCUT2D eigenvalue weighted by molar-refractivity contribution is 0.0690. The van der Waals surface area contributed by atoms with Crippen LogP contribution in [0, 0.1) is 0 Å². The molecule has 0 unspecified atom stereocenters. The van der Waals surface area contributed by atoms with Gasteiger partial charge in [0.1, 0.15) is 0 Å². The summed E-state index contributed by atoms with van der Waals surface area (Å²) < 4.78 is 0. The molecule has 0 aliphatic carbocycles. The van der Waals surface area contributed by atoms with E-state index in [1.807, 2.05) is 51.1 Å². The normalized spacial score (nSPS) is 11.3. The molecule has 0 atom stereocenters. The molecule has 1 aromatic carbocycles. The summed E-state index contributed by atoms with van der Waals surface area (Å²) in [7, 11) is 0. The summed E-state index contributed by atoms with van der Waals surface area (Å²) in [6, 6.07) is 10.9. The Morgan fingerprint density at radius 3 is 2.26 bits per heavy atom. The van der Waals surface area contributed by atoms with Gasteiger partial charge in [-0.15, -0.1) is 0 Å². The fourth-order valence-electron chi connectivity index (χ4n) is 1.66. The molecule has 1 N–H and O–H groups in total. The molecule has 0 bridgehead atoms. The topological polar surface area (TPSA) is 63.1 Å². The van der Waals surface area contributed by atoms with Gasteiger partial charge in [0.15, 0.2) is 11.5 Å². The van der Waals surface area contributed by atoms with Crippen LogP contribution in [-0.4, -0.2) is 21.0 Å². The highest BCUT2D eigenvalue weighted by Gasteiger charge is 2.20. The largest absolute Gasteiger partial charge is 0.477 e. The molecule has 19 heavy (non-hydrogen) atoms. The Hall–Kier alpha value is -2.23. The molecule has 2 rings (SSSR count). The lowest BCUT2D eigenvalue weighted by Gasteiger charge is -2.18. The lowest BCUT2D eigenvalue weighted by atomic mass is 9.91. The third-order valence-corrected chi connectivity index (χ3v) is 2.75. The van der Waals surface area contributed by atoms with Crippen molar-refractivity contribution in [2.45, 2.75) is 26.2 Å². The van der Waals surface area contributed by atoms with Gasteiger partial charge < -0.3 is 5.11 Å². The standard InChI is InChI=1S/C15H16N2O2/c1-15(2,3)12-9-11(14(18)19)16-13(17-12)10-7-5-4-6-8-10/h4-9H,1-3H3,(H,18,19). The molecule has 0 radical (unpaired) electrons. The van der Waals surface area contributed by atoms with Gasteiger partial charge in [0.2, 0.25) is 0 Å². The third-order valence-electron chi connectivity index (χ3n) is 2.75. The first-order valence-electron chi connectivity index (χ1n) is 6.06. The van der Waals surface area contributed by atoms with E-state index in [1.165, 1.54) is 6.07 Å².